The highest BCUT2D eigenvalue weighted by atomic mass is 32.2. The van der Waals surface area contributed by atoms with Crippen molar-refractivity contribution in [3.63, 3.8) is 0 Å². The molecule has 0 unspecified atom stereocenters. The fourth-order valence-electron chi connectivity index (χ4n) is 2.54. The Morgan fingerprint density at radius 1 is 1.09 bits per heavy atom. The minimum Gasteiger partial charge on any atom is -0.481 e. The number of carboxylic acids is 1. The van der Waals surface area contributed by atoms with Gasteiger partial charge in [0.1, 0.15) is 0 Å². The van der Waals surface area contributed by atoms with Gasteiger partial charge in [-0.15, -0.1) is 0 Å². The normalized spacial score (nSPS) is 11.7. The summed E-state index contributed by atoms with van der Waals surface area (Å²) in [5, 5.41) is 9.66. The first-order chi connectivity index (χ1) is 10.9. The molecule has 0 radical (unpaired) electrons. The molecule has 0 aliphatic rings. The number of aromatic nitrogens is 1. The standard InChI is InChI=1S/C17H15NO4S/c1-12-6-8-14(9-7-12)23(21,22)18-11-13(10-17(19)20)15-4-2-3-5-16(15)18/h2-9,11H,10H2,1H3,(H,19,20). The van der Waals surface area contributed by atoms with Crippen molar-refractivity contribution in [1.29, 1.82) is 0 Å². The summed E-state index contributed by atoms with van der Waals surface area (Å²) in [7, 11) is -3.77. The molecule has 1 heterocycles. The van der Waals surface area contributed by atoms with Crippen LogP contribution in [0.4, 0.5) is 0 Å². The number of aliphatic carboxylic acids is 1. The lowest BCUT2D eigenvalue weighted by Crippen LogP contribution is -2.12. The van der Waals surface area contributed by atoms with Gasteiger partial charge in [-0.2, -0.15) is 0 Å². The maximum Gasteiger partial charge on any atom is 0.307 e. The maximum atomic E-state index is 12.9. The predicted octanol–water partition coefficient (Wildman–Crippen LogP) is 2.81. The molecule has 0 fully saturated rings. The third-order valence-corrected chi connectivity index (χ3v) is 5.37. The summed E-state index contributed by atoms with van der Waals surface area (Å²) in [4.78, 5) is 11.2. The Hall–Kier alpha value is -2.60. The van der Waals surface area contributed by atoms with Gasteiger partial charge in [0.15, 0.2) is 0 Å². The number of benzene rings is 2. The topological polar surface area (TPSA) is 76.4 Å². The SMILES string of the molecule is Cc1ccc(S(=O)(=O)n2cc(CC(=O)O)c3ccccc32)cc1. The van der Waals surface area contributed by atoms with Crippen molar-refractivity contribution in [1.82, 2.24) is 3.97 Å². The zero-order chi connectivity index (χ0) is 16.6. The highest BCUT2D eigenvalue weighted by Crippen LogP contribution is 2.26. The minimum absolute atomic E-state index is 0.172. The van der Waals surface area contributed by atoms with Crippen LogP contribution in [0.1, 0.15) is 11.1 Å². The third-order valence-electron chi connectivity index (χ3n) is 3.68. The molecular weight excluding hydrogens is 314 g/mol. The highest BCUT2D eigenvalue weighted by Gasteiger charge is 2.21. The fourth-order valence-corrected chi connectivity index (χ4v) is 3.94. The average Bonchev–Trinajstić information content (AvgIpc) is 2.87. The van der Waals surface area contributed by atoms with E-state index in [0.29, 0.717) is 16.5 Å². The highest BCUT2D eigenvalue weighted by molar-refractivity contribution is 7.90. The molecule has 2 aromatic carbocycles. The Kier molecular flexibility index (Phi) is 3.69. The molecule has 5 nitrogen and oxygen atoms in total. The number of hydrogen-bond acceptors (Lipinski definition) is 3. The van der Waals surface area contributed by atoms with Gasteiger partial charge in [-0.1, -0.05) is 35.9 Å². The van der Waals surface area contributed by atoms with Crippen molar-refractivity contribution >= 4 is 26.9 Å². The number of aryl methyl sites for hydroxylation is 1. The number of fused-ring (bicyclic) bond motifs is 1. The lowest BCUT2D eigenvalue weighted by molar-refractivity contribution is -0.136. The number of carbonyl (C=O) groups is 1. The number of para-hydroxylation sites is 1. The molecule has 3 rings (SSSR count). The van der Waals surface area contributed by atoms with Crippen LogP contribution in [0.3, 0.4) is 0 Å². The summed E-state index contributed by atoms with van der Waals surface area (Å²) in [6, 6.07) is 13.5. The number of hydrogen-bond donors (Lipinski definition) is 1. The van der Waals surface area contributed by atoms with E-state index in [0.717, 1.165) is 9.54 Å². The van der Waals surface area contributed by atoms with E-state index in [1.54, 1.807) is 48.5 Å². The van der Waals surface area contributed by atoms with E-state index < -0.39 is 16.0 Å². The maximum absolute atomic E-state index is 12.9. The van der Waals surface area contributed by atoms with Gasteiger partial charge in [-0.25, -0.2) is 12.4 Å². The van der Waals surface area contributed by atoms with Gasteiger partial charge < -0.3 is 5.11 Å². The van der Waals surface area contributed by atoms with Crippen LogP contribution in [0.5, 0.6) is 0 Å². The van der Waals surface area contributed by atoms with Crippen LogP contribution >= 0.6 is 0 Å². The summed E-state index contributed by atoms with van der Waals surface area (Å²) in [5.41, 5.74) is 1.92. The molecule has 0 amide bonds. The fraction of sp³-hybridized carbons (Fsp3) is 0.118. The van der Waals surface area contributed by atoms with Gasteiger partial charge in [0, 0.05) is 11.6 Å². The quantitative estimate of drug-likeness (QED) is 0.798. The van der Waals surface area contributed by atoms with E-state index in [9.17, 15) is 13.2 Å². The van der Waals surface area contributed by atoms with Crippen LogP contribution in [0.15, 0.2) is 59.6 Å². The summed E-state index contributed by atoms with van der Waals surface area (Å²) in [6.07, 6.45) is 1.17. The van der Waals surface area contributed by atoms with Gasteiger partial charge in [-0.3, -0.25) is 4.79 Å². The van der Waals surface area contributed by atoms with Gasteiger partial charge in [0.2, 0.25) is 0 Å². The van der Waals surface area contributed by atoms with Crippen molar-refractivity contribution in [3.05, 3.63) is 65.9 Å². The third kappa shape index (κ3) is 2.73. The van der Waals surface area contributed by atoms with Crippen molar-refractivity contribution in [2.75, 3.05) is 0 Å². The van der Waals surface area contributed by atoms with Gasteiger partial charge >= 0.3 is 5.97 Å². The van der Waals surface area contributed by atoms with Crippen LogP contribution < -0.4 is 0 Å². The van der Waals surface area contributed by atoms with Crippen LogP contribution in [0.2, 0.25) is 0 Å². The first kappa shape index (κ1) is 15.3. The first-order valence-corrected chi connectivity index (χ1v) is 8.46. The smallest absolute Gasteiger partial charge is 0.307 e. The van der Waals surface area contributed by atoms with E-state index in [2.05, 4.69) is 0 Å². The van der Waals surface area contributed by atoms with E-state index in [4.69, 9.17) is 5.11 Å². The van der Waals surface area contributed by atoms with Crippen molar-refractivity contribution in [2.45, 2.75) is 18.2 Å². The van der Waals surface area contributed by atoms with Gasteiger partial charge in [0.05, 0.1) is 16.8 Å². The second kappa shape index (κ2) is 5.55. The molecule has 23 heavy (non-hydrogen) atoms. The van der Waals surface area contributed by atoms with Crippen LogP contribution in [0, 0.1) is 6.92 Å². The molecule has 118 valence electrons. The van der Waals surface area contributed by atoms with E-state index in [1.807, 2.05) is 6.92 Å². The predicted molar refractivity (Wildman–Crippen MR) is 87.0 cm³/mol. The van der Waals surface area contributed by atoms with Crippen LogP contribution in [-0.4, -0.2) is 23.5 Å². The monoisotopic (exact) mass is 329 g/mol. The minimum atomic E-state index is -3.77. The van der Waals surface area contributed by atoms with Gasteiger partial charge in [-0.05, 0) is 30.7 Å². The molecule has 1 N–H and O–H groups in total. The zero-order valence-electron chi connectivity index (χ0n) is 12.4. The summed E-state index contributed by atoms with van der Waals surface area (Å²) >= 11 is 0. The van der Waals surface area contributed by atoms with Crippen molar-refractivity contribution < 1.29 is 18.3 Å². The molecule has 0 atom stereocenters. The second-order valence-electron chi connectivity index (χ2n) is 5.36. The van der Waals surface area contributed by atoms with E-state index >= 15 is 0 Å². The molecule has 0 aliphatic heterocycles. The van der Waals surface area contributed by atoms with E-state index in [1.165, 1.54) is 6.20 Å². The molecule has 0 aliphatic carbocycles. The number of carboxylic acid groups (broad SMARTS) is 1. The zero-order valence-corrected chi connectivity index (χ0v) is 13.2. The lowest BCUT2D eigenvalue weighted by Gasteiger charge is -2.07. The second-order valence-corrected chi connectivity index (χ2v) is 7.17. The number of nitrogens with zero attached hydrogens (tertiary/aromatic N) is 1. The molecule has 0 saturated heterocycles. The molecule has 0 bridgehead atoms. The molecule has 3 aromatic rings. The summed E-state index contributed by atoms with van der Waals surface area (Å²) in [5.74, 6) is -0.999. The molecule has 1 aromatic heterocycles. The largest absolute Gasteiger partial charge is 0.481 e. The summed E-state index contributed by atoms with van der Waals surface area (Å²) < 4.78 is 26.9. The molecule has 0 spiro atoms. The Bertz CT molecular complexity index is 985. The molecule has 0 saturated carbocycles. The van der Waals surface area contributed by atoms with Crippen molar-refractivity contribution in [3.8, 4) is 0 Å². The molecule has 6 heteroatoms. The number of rotatable bonds is 4. The van der Waals surface area contributed by atoms with E-state index in [-0.39, 0.29) is 11.3 Å². The first-order valence-electron chi connectivity index (χ1n) is 7.02. The Morgan fingerprint density at radius 3 is 2.39 bits per heavy atom. The Labute approximate surface area is 133 Å². The lowest BCUT2D eigenvalue weighted by atomic mass is 10.1. The Balaban J connectivity index is 2.23. The Morgan fingerprint density at radius 2 is 1.74 bits per heavy atom. The van der Waals surface area contributed by atoms with Crippen molar-refractivity contribution in [2.24, 2.45) is 0 Å². The van der Waals surface area contributed by atoms with Crippen LogP contribution in [0.25, 0.3) is 10.9 Å². The average molecular weight is 329 g/mol. The van der Waals surface area contributed by atoms with Crippen LogP contribution in [-0.2, 0) is 21.2 Å². The molecular formula is C17H15NO4S. The van der Waals surface area contributed by atoms with Gasteiger partial charge in [0.25, 0.3) is 10.0 Å². The summed E-state index contributed by atoms with van der Waals surface area (Å²) in [6.45, 7) is 1.88.